The number of amides is 1. The molecular formula is C24H34N4O3Si. The number of hydrogen-bond donors (Lipinski definition) is 1. The van der Waals surface area contributed by atoms with Gasteiger partial charge in [-0.1, -0.05) is 19.6 Å². The van der Waals surface area contributed by atoms with Gasteiger partial charge in [0.1, 0.15) is 18.3 Å². The first-order valence-corrected chi connectivity index (χ1v) is 15.0. The number of nitrogens with zero attached hydrogens (tertiary/aromatic N) is 3. The molecule has 32 heavy (non-hydrogen) atoms. The van der Waals surface area contributed by atoms with Gasteiger partial charge in [-0.25, -0.2) is 4.98 Å². The standard InChI is InChI=1S/C24H34N4O3Si/c1-30-20-15-21-22(26-16-20)28(17-31-13-14-32(2,3)4)23(29)24(21)9-11-27(12-10-24)19-7-5-18(25)6-8-19/h5-8,15-16H,9-14,17,25H2,1-4H3. The molecule has 1 aromatic heterocycles. The van der Waals surface area contributed by atoms with E-state index in [9.17, 15) is 4.79 Å². The highest BCUT2D eigenvalue weighted by atomic mass is 28.3. The molecule has 0 radical (unpaired) electrons. The molecule has 0 saturated carbocycles. The van der Waals surface area contributed by atoms with Crippen LogP contribution < -0.4 is 20.3 Å². The normalized spacial score (nSPS) is 17.7. The zero-order valence-corrected chi connectivity index (χ0v) is 20.6. The minimum Gasteiger partial charge on any atom is -0.495 e. The van der Waals surface area contributed by atoms with Crippen LogP contribution in [0.25, 0.3) is 0 Å². The molecule has 3 heterocycles. The van der Waals surface area contributed by atoms with Crippen molar-refractivity contribution in [2.75, 3.05) is 49.1 Å². The van der Waals surface area contributed by atoms with Gasteiger partial charge in [0, 0.05) is 44.7 Å². The molecular weight excluding hydrogens is 420 g/mol. The van der Waals surface area contributed by atoms with Crippen molar-refractivity contribution in [2.45, 2.75) is 43.9 Å². The molecule has 0 aliphatic carbocycles. The largest absolute Gasteiger partial charge is 0.495 e. The minimum atomic E-state index is -1.19. The number of aromatic nitrogens is 1. The molecule has 172 valence electrons. The lowest BCUT2D eigenvalue weighted by Gasteiger charge is -2.39. The maximum Gasteiger partial charge on any atom is 0.241 e. The second-order valence-corrected chi connectivity index (χ2v) is 15.6. The molecule has 4 rings (SSSR count). The fourth-order valence-corrected chi connectivity index (χ4v) is 5.31. The summed E-state index contributed by atoms with van der Waals surface area (Å²) in [4.78, 5) is 22.4. The fourth-order valence-electron chi connectivity index (χ4n) is 4.56. The summed E-state index contributed by atoms with van der Waals surface area (Å²) in [5, 5.41) is 0. The average molecular weight is 455 g/mol. The van der Waals surface area contributed by atoms with Crippen molar-refractivity contribution < 1.29 is 14.3 Å². The third-order valence-electron chi connectivity index (χ3n) is 6.60. The Balaban J connectivity index is 1.54. The molecule has 0 bridgehead atoms. The molecule has 7 nitrogen and oxygen atoms in total. The van der Waals surface area contributed by atoms with Crippen molar-refractivity contribution >= 4 is 31.2 Å². The summed E-state index contributed by atoms with van der Waals surface area (Å²) in [6, 6.07) is 11.0. The zero-order chi connectivity index (χ0) is 22.9. The number of methoxy groups -OCH3 is 1. The van der Waals surface area contributed by atoms with Crippen molar-refractivity contribution in [3.05, 3.63) is 42.1 Å². The molecule has 2 aromatic rings. The summed E-state index contributed by atoms with van der Waals surface area (Å²) in [6.07, 6.45) is 3.14. The van der Waals surface area contributed by atoms with Crippen molar-refractivity contribution in [1.29, 1.82) is 0 Å². The monoisotopic (exact) mass is 454 g/mol. The lowest BCUT2D eigenvalue weighted by atomic mass is 9.74. The average Bonchev–Trinajstić information content (AvgIpc) is 2.99. The second-order valence-electron chi connectivity index (χ2n) is 9.99. The minimum absolute atomic E-state index is 0.0956. The molecule has 0 unspecified atom stereocenters. The highest BCUT2D eigenvalue weighted by Gasteiger charge is 2.53. The first-order chi connectivity index (χ1) is 15.2. The molecule has 1 saturated heterocycles. The number of anilines is 3. The van der Waals surface area contributed by atoms with E-state index in [2.05, 4.69) is 29.5 Å². The highest BCUT2D eigenvalue weighted by Crippen LogP contribution is 2.48. The Morgan fingerprint density at radius 3 is 2.47 bits per heavy atom. The van der Waals surface area contributed by atoms with Gasteiger partial charge in [0.05, 0.1) is 18.7 Å². The quantitative estimate of drug-likeness (QED) is 0.389. The number of rotatable bonds is 7. The number of fused-ring (bicyclic) bond motifs is 2. The molecule has 1 aromatic carbocycles. The Morgan fingerprint density at radius 1 is 1.16 bits per heavy atom. The van der Waals surface area contributed by atoms with Crippen LogP contribution in [0, 0.1) is 0 Å². The molecule has 1 amide bonds. The first-order valence-electron chi connectivity index (χ1n) is 11.3. The van der Waals surface area contributed by atoms with E-state index in [1.54, 1.807) is 18.2 Å². The number of carbonyl (C=O) groups excluding carboxylic acids is 1. The second kappa shape index (κ2) is 8.75. The molecule has 2 aliphatic heterocycles. The topological polar surface area (TPSA) is 80.9 Å². The SMILES string of the molecule is COc1cnc2c(c1)C1(CCN(c3ccc(N)cc3)CC1)C(=O)N2COCC[Si](C)(C)C. The van der Waals surface area contributed by atoms with Gasteiger partial charge in [-0.05, 0) is 49.2 Å². The predicted octanol–water partition coefficient (Wildman–Crippen LogP) is 3.87. The fraction of sp³-hybridized carbons (Fsp3) is 0.500. The van der Waals surface area contributed by atoms with Crippen molar-refractivity contribution in [3.63, 3.8) is 0 Å². The summed E-state index contributed by atoms with van der Waals surface area (Å²) in [5.41, 5.74) is 8.12. The summed E-state index contributed by atoms with van der Waals surface area (Å²) < 4.78 is 11.4. The maximum absolute atomic E-state index is 13.8. The summed E-state index contributed by atoms with van der Waals surface area (Å²) in [6.45, 7) is 9.47. The molecule has 0 atom stereocenters. The first kappa shape index (κ1) is 22.6. The number of nitrogens with two attached hydrogens (primary N) is 1. The lowest BCUT2D eigenvalue weighted by molar-refractivity contribution is -0.125. The van der Waals surface area contributed by atoms with E-state index in [0.29, 0.717) is 18.2 Å². The van der Waals surface area contributed by atoms with E-state index in [4.69, 9.17) is 15.2 Å². The summed E-state index contributed by atoms with van der Waals surface area (Å²) in [7, 11) is 0.441. The number of pyridine rings is 1. The number of hydrogen-bond acceptors (Lipinski definition) is 6. The van der Waals surface area contributed by atoms with Gasteiger partial charge in [0.2, 0.25) is 5.91 Å². The summed E-state index contributed by atoms with van der Waals surface area (Å²) in [5.74, 6) is 1.49. The van der Waals surface area contributed by atoms with Gasteiger partial charge in [0.15, 0.2) is 0 Å². The molecule has 2 N–H and O–H groups in total. The van der Waals surface area contributed by atoms with Crippen molar-refractivity contribution in [3.8, 4) is 5.75 Å². The van der Waals surface area contributed by atoms with E-state index in [1.807, 2.05) is 30.3 Å². The third-order valence-corrected chi connectivity index (χ3v) is 8.30. The highest BCUT2D eigenvalue weighted by molar-refractivity contribution is 6.76. The molecule has 1 fully saturated rings. The van der Waals surface area contributed by atoms with Gasteiger partial charge in [0.25, 0.3) is 0 Å². The smallest absolute Gasteiger partial charge is 0.241 e. The molecule has 8 heteroatoms. The summed E-state index contributed by atoms with van der Waals surface area (Å²) >= 11 is 0. The van der Waals surface area contributed by atoms with Gasteiger partial charge >= 0.3 is 0 Å². The Labute approximate surface area is 191 Å². The van der Waals surface area contributed by atoms with Crippen molar-refractivity contribution in [1.82, 2.24) is 4.98 Å². The molecule has 2 aliphatic rings. The molecule has 1 spiro atoms. The van der Waals surface area contributed by atoms with Crippen LogP contribution in [0.2, 0.25) is 25.7 Å². The zero-order valence-electron chi connectivity index (χ0n) is 19.6. The van der Waals surface area contributed by atoms with Crippen LogP contribution >= 0.6 is 0 Å². The number of ether oxygens (including phenoxy) is 2. The number of nitrogen functional groups attached to an aromatic ring is 1. The van der Waals surface area contributed by atoms with Crippen LogP contribution in [-0.2, 0) is 14.9 Å². The number of benzene rings is 1. The van der Waals surface area contributed by atoms with Gasteiger partial charge in [-0.3, -0.25) is 9.69 Å². The van der Waals surface area contributed by atoms with Gasteiger partial charge in [-0.15, -0.1) is 0 Å². The number of piperidine rings is 1. The predicted molar refractivity (Wildman–Crippen MR) is 131 cm³/mol. The lowest BCUT2D eigenvalue weighted by Crippen LogP contribution is -2.49. The van der Waals surface area contributed by atoms with Gasteiger partial charge < -0.3 is 20.1 Å². The van der Waals surface area contributed by atoms with E-state index < -0.39 is 13.5 Å². The van der Waals surface area contributed by atoms with E-state index in [0.717, 1.165) is 48.9 Å². The van der Waals surface area contributed by atoms with E-state index in [1.165, 1.54) is 0 Å². The Hall–Kier alpha value is -2.58. The number of carbonyl (C=O) groups is 1. The van der Waals surface area contributed by atoms with E-state index >= 15 is 0 Å². The van der Waals surface area contributed by atoms with Crippen LogP contribution in [0.3, 0.4) is 0 Å². The van der Waals surface area contributed by atoms with Crippen LogP contribution in [0.5, 0.6) is 5.75 Å². The van der Waals surface area contributed by atoms with Gasteiger partial charge in [-0.2, -0.15) is 0 Å². The van der Waals surface area contributed by atoms with Crippen LogP contribution in [0.15, 0.2) is 36.5 Å². The van der Waals surface area contributed by atoms with Crippen LogP contribution in [0.4, 0.5) is 17.2 Å². The van der Waals surface area contributed by atoms with E-state index in [-0.39, 0.29) is 12.6 Å². The third kappa shape index (κ3) is 4.34. The van der Waals surface area contributed by atoms with Crippen LogP contribution in [-0.4, -0.2) is 52.5 Å². The van der Waals surface area contributed by atoms with Crippen LogP contribution in [0.1, 0.15) is 18.4 Å². The Bertz CT molecular complexity index is 966. The van der Waals surface area contributed by atoms with Crippen molar-refractivity contribution in [2.24, 2.45) is 0 Å². The maximum atomic E-state index is 13.8. The Kier molecular flexibility index (Phi) is 6.18. The Morgan fingerprint density at radius 2 is 1.84 bits per heavy atom.